The number of hydrogen-bond acceptors (Lipinski definition) is 2. The number of rotatable bonds is 2. The van der Waals surface area contributed by atoms with Crippen LogP contribution in [0.4, 0.5) is 13.2 Å². The summed E-state index contributed by atoms with van der Waals surface area (Å²) in [6.45, 7) is 0. The van der Waals surface area contributed by atoms with Crippen LogP contribution in [0, 0.1) is 0 Å². The second-order valence-corrected chi connectivity index (χ2v) is 3.41. The van der Waals surface area contributed by atoms with Crippen molar-refractivity contribution in [1.82, 2.24) is 0 Å². The zero-order valence-electron chi connectivity index (χ0n) is 6.39. The van der Waals surface area contributed by atoms with Crippen LogP contribution in [0.1, 0.15) is 15.2 Å². The highest BCUT2D eigenvalue weighted by molar-refractivity contribution is 7.10. The van der Waals surface area contributed by atoms with E-state index in [9.17, 15) is 18.0 Å². The summed E-state index contributed by atoms with van der Waals surface area (Å²) < 4.78 is 35.8. The lowest BCUT2D eigenvalue weighted by atomic mass is 10.2. The summed E-state index contributed by atoms with van der Waals surface area (Å²) in [5, 5.41) is 1.42. The fourth-order valence-electron chi connectivity index (χ4n) is 0.879. The minimum absolute atomic E-state index is 0.0278. The summed E-state index contributed by atoms with van der Waals surface area (Å²) in [7, 11) is 0. The molecule has 0 atom stereocenters. The Bertz CT molecular complexity index is 318. The van der Waals surface area contributed by atoms with E-state index in [2.05, 4.69) is 0 Å². The Morgan fingerprint density at radius 1 is 1.54 bits per heavy atom. The number of nitrogens with two attached hydrogens (primary N) is 1. The van der Waals surface area contributed by atoms with Gasteiger partial charge in [-0.05, 0) is 11.4 Å². The molecule has 0 aliphatic rings. The molecule has 0 aliphatic carbocycles. The molecule has 0 bridgehead atoms. The van der Waals surface area contributed by atoms with Gasteiger partial charge in [0.1, 0.15) is 0 Å². The van der Waals surface area contributed by atoms with Gasteiger partial charge in [-0.25, -0.2) is 0 Å². The van der Waals surface area contributed by atoms with E-state index in [4.69, 9.17) is 5.73 Å². The van der Waals surface area contributed by atoms with Crippen LogP contribution in [0.15, 0.2) is 11.4 Å². The number of carbonyl (C=O) groups is 1. The van der Waals surface area contributed by atoms with Crippen LogP contribution >= 0.6 is 11.3 Å². The molecule has 0 spiro atoms. The highest BCUT2D eigenvalue weighted by Gasteiger charge is 2.30. The monoisotopic (exact) mass is 209 g/mol. The first-order valence-electron chi connectivity index (χ1n) is 3.33. The summed E-state index contributed by atoms with van der Waals surface area (Å²) in [6.07, 6.45) is -5.39. The van der Waals surface area contributed by atoms with E-state index in [1.54, 1.807) is 0 Å². The molecule has 6 heteroatoms. The molecule has 72 valence electrons. The molecule has 0 unspecified atom stereocenters. The molecule has 0 saturated heterocycles. The topological polar surface area (TPSA) is 43.1 Å². The number of alkyl halides is 3. The predicted octanol–water partition coefficient (Wildman–Crippen LogP) is 1.95. The summed E-state index contributed by atoms with van der Waals surface area (Å²) in [6, 6.07) is 1.30. The van der Waals surface area contributed by atoms with E-state index in [1.165, 1.54) is 11.4 Å². The summed E-state index contributed by atoms with van der Waals surface area (Å²) in [5.41, 5.74) is 4.84. The van der Waals surface area contributed by atoms with Gasteiger partial charge < -0.3 is 5.73 Å². The Balaban J connectivity index is 2.89. The van der Waals surface area contributed by atoms with Crippen molar-refractivity contribution in [3.63, 3.8) is 0 Å². The Hall–Kier alpha value is -1.04. The third kappa shape index (κ3) is 2.73. The quantitative estimate of drug-likeness (QED) is 0.794. The van der Waals surface area contributed by atoms with Crippen LogP contribution < -0.4 is 5.73 Å². The fourth-order valence-corrected chi connectivity index (χ4v) is 1.79. The van der Waals surface area contributed by atoms with Gasteiger partial charge in [-0.3, -0.25) is 4.79 Å². The number of primary amides is 1. The lowest BCUT2D eigenvalue weighted by Gasteiger charge is -2.04. The maximum absolute atomic E-state index is 11.9. The third-order valence-corrected chi connectivity index (χ3v) is 2.29. The molecule has 1 rings (SSSR count). The largest absolute Gasteiger partial charge is 0.393 e. The van der Waals surface area contributed by atoms with Crippen molar-refractivity contribution in [1.29, 1.82) is 0 Å². The zero-order valence-corrected chi connectivity index (χ0v) is 7.21. The van der Waals surface area contributed by atoms with E-state index < -0.39 is 18.5 Å². The van der Waals surface area contributed by atoms with Crippen molar-refractivity contribution >= 4 is 17.2 Å². The van der Waals surface area contributed by atoms with Crippen molar-refractivity contribution in [3.05, 3.63) is 21.9 Å². The number of hydrogen-bond donors (Lipinski definition) is 1. The van der Waals surface area contributed by atoms with Crippen molar-refractivity contribution < 1.29 is 18.0 Å². The van der Waals surface area contributed by atoms with E-state index in [1.807, 2.05) is 0 Å². The summed E-state index contributed by atoms with van der Waals surface area (Å²) in [5.74, 6) is -0.819. The molecule has 2 nitrogen and oxygen atoms in total. The number of thiophene rings is 1. The minimum atomic E-state index is -4.30. The Morgan fingerprint density at radius 3 is 2.62 bits per heavy atom. The molecule has 2 N–H and O–H groups in total. The molecule has 13 heavy (non-hydrogen) atoms. The van der Waals surface area contributed by atoms with E-state index in [0.29, 0.717) is 0 Å². The molecular formula is C7H6F3NOS. The molecular weight excluding hydrogens is 203 g/mol. The lowest BCUT2D eigenvalue weighted by molar-refractivity contribution is -0.126. The Labute approximate surface area is 76.2 Å². The van der Waals surface area contributed by atoms with Gasteiger partial charge in [0.15, 0.2) is 0 Å². The van der Waals surface area contributed by atoms with Gasteiger partial charge in [0.2, 0.25) is 5.91 Å². The first-order chi connectivity index (χ1) is 5.90. The van der Waals surface area contributed by atoms with Crippen LogP contribution in [-0.2, 0) is 6.42 Å². The smallest absolute Gasteiger partial charge is 0.366 e. The summed E-state index contributed by atoms with van der Waals surface area (Å²) in [4.78, 5) is 10.6. The molecule has 1 aromatic rings. The van der Waals surface area contributed by atoms with Crippen molar-refractivity contribution in [2.75, 3.05) is 0 Å². The van der Waals surface area contributed by atoms with Crippen LogP contribution in [0.2, 0.25) is 0 Å². The van der Waals surface area contributed by atoms with Gasteiger partial charge in [-0.2, -0.15) is 13.2 Å². The molecule has 1 aromatic heterocycles. The van der Waals surface area contributed by atoms with E-state index in [-0.39, 0.29) is 10.4 Å². The highest BCUT2D eigenvalue weighted by Crippen LogP contribution is 2.26. The molecule has 1 heterocycles. The van der Waals surface area contributed by atoms with Gasteiger partial charge in [0.05, 0.1) is 12.0 Å². The first-order valence-corrected chi connectivity index (χ1v) is 4.21. The lowest BCUT2D eigenvalue weighted by Crippen LogP contribution is -2.16. The summed E-state index contributed by atoms with van der Waals surface area (Å²) >= 11 is 0.884. The van der Waals surface area contributed by atoms with E-state index in [0.717, 1.165) is 11.3 Å². The van der Waals surface area contributed by atoms with Crippen LogP contribution in [-0.4, -0.2) is 12.1 Å². The van der Waals surface area contributed by atoms with E-state index >= 15 is 0 Å². The average molecular weight is 209 g/mol. The third-order valence-electron chi connectivity index (χ3n) is 1.37. The predicted molar refractivity (Wildman–Crippen MR) is 42.6 cm³/mol. The van der Waals surface area contributed by atoms with Crippen molar-refractivity contribution in [2.24, 2.45) is 5.73 Å². The number of amides is 1. The minimum Gasteiger partial charge on any atom is -0.366 e. The standard InChI is InChI=1S/C7H6F3NOS/c8-7(9,10)3-5-4(6(11)12)1-2-13-5/h1-2H,3H2,(H2,11,12). The normalized spacial score (nSPS) is 11.6. The maximum atomic E-state index is 11.9. The second-order valence-electron chi connectivity index (χ2n) is 2.41. The van der Waals surface area contributed by atoms with Crippen LogP contribution in [0.5, 0.6) is 0 Å². The number of carbonyl (C=O) groups excluding carboxylic acids is 1. The van der Waals surface area contributed by atoms with Gasteiger partial charge in [0, 0.05) is 4.88 Å². The molecule has 0 radical (unpaired) electrons. The number of halogens is 3. The van der Waals surface area contributed by atoms with Gasteiger partial charge in [-0.15, -0.1) is 11.3 Å². The fraction of sp³-hybridized carbons (Fsp3) is 0.286. The molecule has 0 saturated carbocycles. The molecule has 0 aliphatic heterocycles. The second kappa shape index (κ2) is 3.37. The molecule has 0 fully saturated rings. The Morgan fingerprint density at radius 2 is 2.15 bits per heavy atom. The van der Waals surface area contributed by atoms with Crippen LogP contribution in [0.3, 0.4) is 0 Å². The SMILES string of the molecule is NC(=O)c1ccsc1CC(F)(F)F. The van der Waals surface area contributed by atoms with Gasteiger partial charge >= 0.3 is 6.18 Å². The van der Waals surface area contributed by atoms with Crippen molar-refractivity contribution in [3.8, 4) is 0 Å². The Kier molecular flexibility index (Phi) is 2.60. The first kappa shape index (κ1) is 10.0. The van der Waals surface area contributed by atoms with Crippen molar-refractivity contribution in [2.45, 2.75) is 12.6 Å². The van der Waals surface area contributed by atoms with Crippen LogP contribution in [0.25, 0.3) is 0 Å². The zero-order chi connectivity index (χ0) is 10.1. The maximum Gasteiger partial charge on any atom is 0.393 e. The molecule has 1 amide bonds. The molecule has 0 aromatic carbocycles. The van der Waals surface area contributed by atoms with Gasteiger partial charge in [0.25, 0.3) is 0 Å². The average Bonchev–Trinajstić information content (AvgIpc) is 2.31. The highest BCUT2D eigenvalue weighted by atomic mass is 32.1. The van der Waals surface area contributed by atoms with Gasteiger partial charge in [-0.1, -0.05) is 0 Å².